The monoisotopic (exact) mass is 370 g/mol. The van der Waals surface area contributed by atoms with Crippen LogP contribution < -0.4 is 10.0 Å². The summed E-state index contributed by atoms with van der Waals surface area (Å²) in [4.78, 5) is 6.15. The van der Waals surface area contributed by atoms with Crippen molar-refractivity contribution in [3.05, 3.63) is 23.7 Å². The second-order valence-electron chi connectivity index (χ2n) is 5.14. The standard InChI is InChI=1S/C13H18N6O3S2/c1-19(2)7-10-3-4-11(22-10)8-23-6-5-15-12-13(16-9-14)18-24(20,21)17-12/h3-4H,5-8H2,1-2H3,(H,15,17)(H,16,18). The number of aliphatic imine (C=N–C) groups is 1. The van der Waals surface area contributed by atoms with Crippen LogP contribution in [0.25, 0.3) is 0 Å². The summed E-state index contributed by atoms with van der Waals surface area (Å²) in [6, 6.07) is 3.91. The van der Waals surface area contributed by atoms with Crippen molar-refractivity contribution >= 4 is 33.6 Å². The highest BCUT2D eigenvalue weighted by Gasteiger charge is 2.25. The number of thioether (sulfide) groups is 1. The number of nitrogens with one attached hydrogen (secondary N) is 2. The van der Waals surface area contributed by atoms with Gasteiger partial charge in [-0.05, 0) is 26.2 Å². The van der Waals surface area contributed by atoms with Crippen LogP contribution in [-0.4, -0.2) is 51.4 Å². The number of nitrogens with zero attached hydrogens (tertiary/aromatic N) is 4. The van der Waals surface area contributed by atoms with E-state index in [0.717, 1.165) is 18.1 Å². The Bertz CT molecular complexity index is 776. The molecule has 0 aromatic carbocycles. The molecule has 1 aliphatic heterocycles. The zero-order chi connectivity index (χ0) is 17.6. The van der Waals surface area contributed by atoms with E-state index in [1.54, 1.807) is 18.0 Å². The Kier molecular flexibility index (Phi) is 6.24. The lowest BCUT2D eigenvalue weighted by atomic mass is 10.4. The van der Waals surface area contributed by atoms with Crippen LogP contribution in [0.4, 0.5) is 0 Å². The predicted octanol–water partition coefficient (Wildman–Crippen LogP) is 0.290. The molecule has 130 valence electrons. The third kappa shape index (κ3) is 5.55. The molecule has 0 radical (unpaired) electrons. The lowest BCUT2D eigenvalue weighted by Gasteiger charge is -2.05. The largest absolute Gasteiger partial charge is 0.464 e. The van der Waals surface area contributed by atoms with Gasteiger partial charge in [0.05, 0.1) is 18.8 Å². The smallest absolute Gasteiger partial charge is 0.345 e. The van der Waals surface area contributed by atoms with Gasteiger partial charge in [-0.15, -0.1) is 4.40 Å². The highest BCUT2D eigenvalue weighted by Crippen LogP contribution is 2.16. The van der Waals surface area contributed by atoms with E-state index in [4.69, 9.17) is 9.68 Å². The Morgan fingerprint density at radius 3 is 2.92 bits per heavy atom. The fourth-order valence-electron chi connectivity index (χ4n) is 1.89. The molecule has 0 saturated carbocycles. The van der Waals surface area contributed by atoms with Gasteiger partial charge in [0.25, 0.3) is 0 Å². The molecule has 0 aliphatic carbocycles. The van der Waals surface area contributed by atoms with Crippen LogP contribution in [0.5, 0.6) is 0 Å². The number of furan rings is 1. The molecule has 2 rings (SSSR count). The second-order valence-corrected chi connectivity index (χ2v) is 7.58. The number of nitriles is 1. The van der Waals surface area contributed by atoms with Crippen LogP contribution in [0.2, 0.25) is 0 Å². The van der Waals surface area contributed by atoms with Crippen molar-refractivity contribution in [3.8, 4) is 6.19 Å². The minimum absolute atomic E-state index is 0.0587. The highest BCUT2D eigenvalue weighted by molar-refractivity contribution is 7.98. The molecular weight excluding hydrogens is 352 g/mol. The highest BCUT2D eigenvalue weighted by atomic mass is 32.2. The lowest BCUT2D eigenvalue weighted by Crippen LogP contribution is -2.33. The first-order valence-electron chi connectivity index (χ1n) is 7.02. The number of amidine groups is 2. The number of rotatable bonds is 7. The molecule has 0 fully saturated rings. The molecule has 0 amide bonds. The minimum atomic E-state index is -3.79. The van der Waals surface area contributed by atoms with Crippen LogP contribution >= 0.6 is 11.8 Å². The molecule has 9 nitrogen and oxygen atoms in total. The van der Waals surface area contributed by atoms with Crippen molar-refractivity contribution < 1.29 is 12.8 Å². The van der Waals surface area contributed by atoms with Gasteiger partial charge in [0.15, 0.2) is 17.9 Å². The van der Waals surface area contributed by atoms with Crippen molar-refractivity contribution in [2.45, 2.75) is 12.3 Å². The molecule has 0 bridgehead atoms. The molecular formula is C13H18N6O3S2. The molecule has 0 saturated heterocycles. The quantitative estimate of drug-likeness (QED) is 0.402. The van der Waals surface area contributed by atoms with Crippen molar-refractivity contribution in [2.75, 3.05) is 26.4 Å². The molecule has 0 unspecified atom stereocenters. The van der Waals surface area contributed by atoms with E-state index in [1.165, 1.54) is 0 Å². The van der Waals surface area contributed by atoms with Crippen LogP contribution in [0, 0.1) is 11.5 Å². The van der Waals surface area contributed by atoms with Crippen LogP contribution in [-0.2, 0) is 22.5 Å². The molecule has 11 heteroatoms. The van der Waals surface area contributed by atoms with Crippen LogP contribution in [0.1, 0.15) is 11.5 Å². The fourth-order valence-corrected chi connectivity index (χ4v) is 3.43. The van der Waals surface area contributed by atoms with Gasteiger partial charge < -0.3 is 9.32 Å². The maximum absolute atomic E-state index is 11.3. The van der Waals surface area contributed by atoms with Crippen LogP contribution in [0.15, 0.2) is 25.9 Å². The van der Waals surface area contributed by atoms with Crippen molar-refractivity contribution in [2.24, 2.45) is 9.39 Å². The normalized spacial score (nSPS) is 17.6. The van der Waals surface area contributed by atoms with E-state index in [1.807, 2.05) is 31.1 Å². The first kappa shape index (κ1) is 18.3. The first-order valence-corrected chi connectivity index (χ1v) is 9.62. The van der Waals surface area contributed by atoms with Gasteiger partial charge in [-0.25, -0.2) is 4.72 Å². The van der Waals surface area contributed by atoms with Crippen molar-refractivity contribution in [3.63, 3.8) is 0 Å². The van der Waals surface area contributed by atoms with Gasteiger partial charge >= 0.3 is 10.2 Å². The topological polar surface area (TPSA) is 123 Å². The first-order chi connectivity index (χ1) is 11.4. The zero-order valence-electron chi connectivity index (χ0n) is 13.3. The van der Waals surface area contributed by atoms with Gasteiger partial charge in [0, 0.05) is 5.75 Å². The molecule has 0 atom stereocenters. The van der Waals surface area contributed by atoms with E-state index in [-0.39, 0.29) is 11.7 Å². The van der Waals surface area contributed by atoms with Crippen molar-refractivity contribution in [1.29, 1.82) is 5.26 Å². The Morgan fingerprint density at radius 2 is 2.21 bits per heavy atom. The molecule has 2 N–H and O–H groups in total. The molecule has 0 spiro atoms. The summed E-state index contributed by atoms with van der Waals surface area (Å²) < 4.78 is 33.9. The molecule has 2 heterocycles. The molecule has 1 aromatic rings. The van der Waals surface area contributed by atoms with Gasteiger partial charge in [0.2, 0.25) is 0 Å². The second kappa shape index (κ2) is 8.18. The van der Waals surface area contributed by atoms with E-state index in [9.17, 15) is 8.42 Å². The summed E-state index contributed by atoms with van der Waals surface area (Å²) in [6.45, 7) is 1.15. The zero-order valence-corrected chi connectivity index (χ0v) is 14.9. The summed E-state index contributed by atoms with van der Waals surface area (Å²) >= 11 is 1.62. The van der Waals surface area contributed by atoms with Gasteiger partial charge in [0.1, 0.15) is 11.5 Å². The Morgan fingerprint density at radius 1 is 1.46 bits per heavy atom. The van der Waals surface area contributed by atoms with E-state index in [0.29, 0.717) is 18.1 Å². The van der Waals surface area contributed by atoms with E-state index < -0.39 is 10.2 Å². The van der Waals surface area contributed by atoms with E-state index in [2.05, 4.69) is 19.4 Å². The van der Waals surface area contributed by atoms with Gasteiger partial charge in [-0.2, -0.15) is 25.4 Å². The average molecular weight is 370 g/mol. The maximum Gasteiger partial charge on any atom is 0.345 e. The Labute approximate surface area is 145 Å². The third-order valence-corrected chi connectivity index (χ3v) is 4.61. The Hall–Kier alpha value is -2.03. The van der Waals surface area contributed by atoms with E-state index >= 15 is 0 Å². The van der Waals surface area contributed by atoms with Crippen LogP contribution in [0.3, 0.4) is 0 Å². The summed E-state index contributed by atoms with van der Waals surface area (Å²) in [5, 5.41) is 10.8. The maximum atomic E-state index is 11.3. The van der Waals surface area contributed by atoms with Crippen molar-refractivity contribution in [1.82, 2.24) is 14.9 Å². The summed E-state index contributed by atoms with van der Waals surface area (Å²) in [5.41, 5.74) is 0. The number of hydrogen-bond donors (Lipinski definition) is 2. The van der Waals surface area contributed by atoms with Gasteiger partial charge in [-0.1, -0.05) is 0 Å². The predicted molar refractivity (Wildman–Crippen MR) is 92.8 cm³/mol. The molecule has 24 heavy (non-hydrogen) atoms. The molecule has 1 aliphatic rings. The molecule has 1 aromatic heterocycles. The number of hydrogen-bond acceptors (Lipinski definition) is 8. The Balaban J connectivity index is 1.78. The fraction of sp³-hybridized carbons (Fsp3) is 0.462. The summed E-state index contributed by atoms with van der Waals surface area (Å²) in [5.74, 6) is 3.17. The summed E-state index contributed by atoms with van der Waals surface area (Å²) in [7, 11) is 0.165. The summed E-state index contributed by atoms with van der Waals surface area (Å²) in [6.07, 6.45) is 1.63. The average Bonchev–Trinajstić information content (AvgIpc) is 3.02. The lowest BCUT2D eigenvalue weighted by molar-refractivity contribution is 0.344. The minimum Gasteiger partial charge on any atom is -0.464 e. The SMILES string of the molecule is CN(C)Cc1ccc(CSCCN=C2NS(=O)(=O)N=C2NC#N)o1. The van der Waals surface area contributed by atoms with Gasteiger partial charge in [-0.3, -0.25) is 10.3 Å². The third-order valence-electron chi connectivity index (χ3n) is 2.77.